The summed E-state index contributed by atoms with van der Waals surface area (Å²) in [6.45, 7) is 2.56. The number of halogens is 1. The highest BCUT2D eigenvalue weighted by Gasteiger charge is 2.21. The van der Waals surface area contributed by atoms with Crippen molar-refractivity contribution in [1.29, 1.82) is 0 Å². The van der Waals surface area contributed by atoms with E-state index >= 15 is 0 Å². The lowest BCUT2D eigenvalue weighted by Gasteiger charge is -2.29. The number of hydrogen-bond donors (Lipinski definition) is 2. The van der Waals surface area contributed by atoms with E-state index in [-0.39, 0.29) is 5.82 Å². The lowest BCUT2D eigenvalue weighted by molar-refractivity contribution is -0.109. The van der Waals surface area contributed by atoms with Gasteiger partial charge >= 0.3 is 0 Å². The van der Waals surface area contributed by atoms with Gasteiger partial charge in [-0.3, -0.25) is 0 Å². The van der Waals surface area contributed by atoms with E-state index in [2.05, 4.69) is 15.6 Å². The summed E-state index contributed by atoms with van der Waals surface area (Å²) in [4.78, 5) is 17.7. The van der Waals surface area contributed by atoms with Crippen LogP contribution in [0.1, 0.15) is 17.2 Å². The average Bonchev–Trinajstić information content (AvgIpc) is 2.68. The van der Waals surface area contributed by atoms with Crippen molar-refractivity contribution in [2.24, 2.45) is 0 Å². The molecule has 2 aliphatic rings. The van der Waals surface area contributed by atoms with E-state index in [0.717, 1.165) is 17.4 Å². The van der Waals surface area contributed by atoms with Crippen molar-refractivity contribution in [3.63, 3.8) is 0 Å². The fourth-order valence-corrected chi connectivity index (χ4v) is 3.27. The number of morpholine rings is 1. The monoisotopic (exact) mass is 354 g/mol. The van der Waals surface area contributed by atoms with Crippen molar-refractivity contribution in [2.45, 2.75) is 6.04 Å². The van der Waals surface area contributed by atoms with Gasteiger partial charge in [0.2, 0.25) is 0 Å². The number of anilines is 3. The maximum absolute atomic E-state index is 14.6. The van der Waals surface area contributed by atoms with E-state index < -0.39 is 6.04 Å². The zero-order valence-corrected chi connectivity index (χ0v) is 14.1. The summed E-state index contributed by atoms with van der Waals surface area (Å²) in [7, 11) is 0. The molecule has 0 aliphatic carbocycles. The molecule has 0 bridgehead atoms. The van der Waals surface area contributed by atoms with Crippen molar-refractivity contribution < 1.29 is 13.9 Å². The number of carbonyl (C=O) groups excluding carboxylic acids is 1. The number of benzene rings is 1. The Balaban J connectivity index is 1.61. The summed E-state index contributed by atoms with van der Waals surface area (Å²) in [5.41, 5.74) is 2.81. The second-order valence-electron chi connectivity index (χ2n) is 6.17. The molecule has 2 aliphatic heterocycles. The highest BCUT2D eigenvalue weighted by molar-refractivity contribution is 5.77. The second kappa shape index (κ2) is 7.13. The fourth-order valence-electron chi connectivity index (χ4n) is 3.27. The number of hydrogen-bond acceptors (Lipinski definition) is 6. The van der Waals surface area contributed by atoms with Crippen LogP contribution in [0.3, 0.4) is 0 Å². The Bertz CT molecular complexity index is 849. The highest BCUT2D eigenvalue weighted by atomic mass is 19.1. The van der Waals surface area contributed by atoms with Gasteiger partial charge in [0.1, 0.15) is 24.0 Å². The zero-order valence-electron chi connectivity index (χ0n) is 14.1. The van der Waals surface area contributed by atoms with E-state index in [4.69, 9.17) is 4.74 Å². The molecule has 2 N–H and O–H groups in total. The maximum atomic E-state index is 14.6. The van der Waals surface area contributed by atoms with Gasteiger partial charge in [-0.05, 0) is 42.1 Å². The average molecular weight is 354 g/mol. The van der Waals surface area contributed by atoms with Crippen LogP contribution in [-0.2, 0) is 9.53 Å². The molecule has 0 spiro atoms. The van der Waals surface area contributed by atoms with Gasteiger partial charge in [0.15, 0.2) is 0 Å². The van der Waals surface area contributed by atoms with Crippen molar-refractivity contribution >= 4 is 29.6 Å². The smallest absolute Gasteiger partial charge is 0.148 e. The Morgan fingerprint density at radius 3 is 2.92 bits per heavy atom. The minimum Gasteiger partial charge on any atom is -0.378 e. The number of rotatable bonds is 4. The Morgan fingerprint density at radius 1 is 1.31 bits per heavy atom. The van der Waals surface area contributed by atoms with Gasteiger partial charge in [0.05, 0.1) is 18.9 Å². The predicted octanol–water partition coefficient (Wildman–Crippen LogP) is 2.61. The minimum atomic E-state index is -0.483. The molecule has 26 heavy (non-hydrogen) atoms. The summed E-state index contributed by atoms with van der Waals surface area (Å²) in [6.07, 6.45) is 6.11. The third-order valence-corrected chi connectivity index (χ3v) is 4.57. The summed E-state index contributed by atoms with van der Waals surface area (Å²) in [5, 5.41) is 6.13. The number of nitrogens with zero attached hydrogens (tertiary/aromatic N) is 2. The molecule has 0 radical (unpaired) electrons. The Kier molecular flexibility index (Phi) is 4.53. The molecule has 6 nitrogen and oxygen atoms in total. The normalized spacial score (nSPS) is 18.8. The highest BCUT2D eigenvalue weighted by Crippen LogP contribution is 2.31. The molecule has 3 heterocycles. The quantitative estimate of drug-likeness (QED) is 0.823. The van der Waals surface area contributed by atoms with Crippen LogP contribution >= 0.6 is 0 Å². The van der Waals surface area contributed by atoms with Crippen LogP contribution in [0.15, 0.2) is 36.7 Å². The van der Waals surface area contributed by atoms with Crippen LogP contribution in [0.5, 0.6) is 0 Å². The molecule has 1 aromatic heterocycles. The van der Waals surface area contributed by atoms with Gasteiger partial charge in [0.25, 0.3) is 0 Å². The van der Waals surface area contributed by atoms with Crippen LogP contribution < -0.4 is 15.5 Å². The third-order valence-electron chi connectivity index (χ3n) is 4.57. The molecule has 7 heteroatoms. The first-order chi connectivity index (χ1) is 12.8. The fraction of sp³-hybridized carbons (Fsp3) is 0.263. The van der Waals surface area contributed by atoms with E-state index in [0.29, 0.717) is 43.5 Å². The van der Waals surface area contributed by atoms with E-state index in [1.165, 1.54) is 6.07 Å². The topological polar surface area (TPSA) is 66.5 Å². The summed E-state index contributed by atoms with van der Waals surface area (Å²) in [5.74, 6) is 0.238. The standard InChI is InChI=1S/C19H19FN4O2/c20-15-11-14(1-2-17(15)24-7-9-26-10-8-24)23-19-18-13(4-6-22-19)3-5-21-16(18)12-25/h1-6,11-12,16,21H,7-10H2,(H,22,23). The SMILES string of the molecule is O=CC1NC=Cc2ccnc(Nc3ccc(N4CCOCC4)c(F)c3)c21. The molecule has 2 aromatic rings. The van der Waals surface area contributed by atoms with Gasteiger partial charge in [-0.25, -0.2) is 9.37 Å². The number of aromatic nitrogens is 1. The van der Waals surface area contributed by atoms with Crippen LogP contribution in [0.25, 0.3) is 6.08 Å². The summed E-state index contributed by atoms with van der Waals surface area (Å²) < 4.78 is 19.9. The van der Waals surface area contributed by atoms with Crippen LogP contribution in [0.2, 0.25) is 0 Å². The molecule has 1 atom stereocenters. The number of carbonyl (C=O) groups is 1. The third kappa shape index (κ3) is 3.13. The lowest BCUT2D eigenvalue weighted by atomic mass is 9.99. The number of nitrogens with one attached hydrogen (secondary N) is 2. The Labute approximate surface area is 150 Å². The molecular formula is C19H19FN4O2. The summed E-state index contributed by atoms with van der Waals surface area (Å²) in [6, 6.07) is 6.39. The van der Waals surface area contributed by atoms with E-state index in [9.17, 15) is 9.18 Å². The molecule has 1 unspecified atom stereocenters. The molecule has 1 saturated heterocycles. The first-order valence-electron chi connectivity index (χ1n) is 8.52. The first kappa shape index (κ1) is 16.5. The Hall–Kier alpha value is -2.93. The largest absolute Gasteiger partial charge is 0.378 e. The van der Waals surface area contributed by atoms with Crippen LogP contribution in [-0.4, -0.2) is 37.6 Å². The number of pyridine rings is 1. The maximum Gasteiger partial charge on any atom is 0.148 e. The number of aldehydes is 1. The van der Waals surface area contributed by atoms with Crippen molar-refractivity contribution in [3.05, 3.63) is 53.6 Å². The van der Waals surface area contributed by atoms with Gasteiger partial charge in [0, 0.05) is 30.5 Å². The molecule has 134 valence electrons. The van der Waals surface area contributed by atoms with Crippen LogP contribution in [0, 0.1) is 5.82 Å². The number of ether oxygens (including phenoxy) is 1. The van der Waals surface area contributed by atoms with Crippen molar-refractivity contribution in [3.8, 4) is 0 Å². The van der Waals surface area contributed by atoms with Crippen LogP contribution in [0.4, 0.5) is 21.6 Å². The predicted molar refractivity (Wildman–Crippen MR) is 97.9 cm³/mol. The molecule has 0 amide bonds. The number of fused-ring (bicyclic) bond motifs is 1. The zero-order chi connectivity index (χ0) is 17.9. The molecule has 4 rings (SSSR count). The molecule has 0 saturated carbocycles. The van der Waals surface area contributed by atoms with E-state index in [1.807, 2.05) is 23.1 Å². The van der Waals surface area contributed by atoms with Gasteiger partial charge in [-0.2, -0.15) is 0 Å². The van der Waals surface area contributed by atoms with Crippen molar-refractivity contribution in [1.82, 2.24) is 10.3 Å². The summed E-state index contributed by atoms with van der Waals surface area (Å²) >= 11 is 0. The van der Waals surface area contributed by atoms with E-state index in [1.54, 1.807) is 18.5 Å². The molecule has 1 fully saturated rings. The second-order valence-corrected chi connectivity index (χ2v) is 6.17. The molecular weight excluding hydrogens is 335 g/mol. The molecule has 1 aromatic carbocycles. The van der Waals surface area contributed by atoms with Gasteiger partial charge in [-0.1, -0.05) is 0 Å². The van der Waals surface area contributed by atoms with Gasteiger partial charge < -0.3 is 25.1 Å². The Morgan fingerprint density at radius 2 is 2.15 bits per heavy atom. The minimum absolute atomic E-state index is 0.299. The first-order valence-corrected chi connectivity index (χ1v) is 8.52. The van der Waals surface area contributed by atoms with Crippen molar-refractivity contribution in [2.75, 3.05) is 36.5 Å². The lowest BCUT2D eigenvalue weighted by Crippen LogP contribution is -2.36. The van der Waals surface area contributed by atoms with Gasteiger partial charge in [-0.15, -0.1) is 0 Å².